The van der Waals surface area contributed by atoms with Crippen molar-refractivity contribution in [2.24, 2.45) is 4.99 Å². The van der Waals surface area contributed by atoms with Gasteiger partial charge in [-0.1, -0.05) is 0 Å². The number of fused-ring (bicyclic) bond motifs is 1. The second kappa shape index (κ2) is 6.18. The van der Waals surface area contributed by atoms with Gasteiger partial charge in [0.1, 0.15) is 5.60 Å². The van der Waals surface area contributed by atoms with Gasteiger partial charge < -0.3 is 19.9 Å². The number of piperazine rings is 1. The first-order valence-corrected chi connectivity index (χ1v) is 7.48. The second-order valence-electron chi connectivity index (χ2n) is 6.86. The van der Waals surface area contributed by atoms with Crippen LogP contribution in [0.25, 0.3) is 0 Å². The van der Waals surface area contributed by atoms with E-state index in [4.69, 9.17) is 4.74 Å². The predicted octanol–water partition coefficient (Wildman–Crippen LogP) is 1.65. The van der Waals surface area contributed by atoms with E-state index in [0.29, 0.717) is 25.2 Å². The van der Waals surface area contributed by atoms with Gasteiger partial charge in [0.15, 0.2) is 5.96 Å². The first-order chi connectivity index (χ1) is 9.42. The summed E-state index contributed by atoms with van der Waals surface area (Å²) in [7, 11) is 0. The Kier molecular flexibility index (Phi) is 4.89. The number of aliphatic imine (C=N–C) groups is 1. The molecule has 0 spiro atoms. The molecule has 1 saturated carbocycles. The van der Waals surface area contributed by atoms with Crippen molar-refractivity contribution in [3.63, 3.8) is 0 Å². The van der Waals surface area contributed by atoms with Crippen LogP contribution in [0.1, 0.15) is 33.6 Å². The third-order valence-corrected chi connectivity index (χ3v) is 3.77. The van der Waals surface area contributed by atoms with Crippen LogP contribution in [0.15, 0.2) is 4.99 Å². The second-order valence-corrected chi connectivity index (χ2v) is 6.86. The van der Waals surface area contributed by atoms with Crippen LogP contribution in [0.3, 0.4) is 0 Å². The molecule has 2 fully saturated rings. The molecular formula is C14H25IN4O2. The highest BCUT2D eigenvalue weighted by Gasteiger charge is 2.37. The summed E-state index contributed by atoms with van der Waals surface area (Å²) in [5.74, 6) is 1.03. The Balaban J connectivity index is 0.00000161. The molecule has 7 heteroatoms. The maximum absolute atomic E-state index is 12.1. The molecule has 1 amide bonds. The molecule has 1 aliphatic carbocycles. The van der Waals surface area contributed by atoms with Gasteiger partial charge >= 0.3 is 6.09 Å². The van der Waals surface area contributed by atoms with E-state index in [1.165, 1.54) is 12.8 Å². The average Bonchev–Trinajstić information content (AvgIpc) is 3.07. The molecule has 1 N–H and O–H groups in total. The average molecular weight is 408 g/mol. The van der Waals surface area contributed by atoms with Crippen LogP contribution in [-0.4, -0.2) is 65.7 Å². The van der Waals surface area contributed by atoms with Gasteiger partial charge in [0, 0.05) is 25.7 Å². The van der Waals surface area contributed by atoms with Crippen LogP contribution in [0.4, 0.5) is 4.79 Å². The lowest BCUT2D eigenvalue weighted by Crippen LogP contribution is -2.57. The van der Waals surface area contributed by atoms with Crippen molar-refractivity contribution in [3.8, 4) is 0 Å². The van der Waals surface area contributed by atoms with E-state index in [-0.39, 0.29) is 30.1 Å². The molecule has 21 heavy (non-hydrogen) atoms. The van der Waals surface area contributed by atoms with E-state index in [1.807, 2.05) is 25.7 Å². The quantitative estimate of drug-likeness (QED) is 0.671. The molecular weight excluding hydrogens is 383 g/mol. The van der Waals surface area contributed by atoms with Crippen molar-refractivity contribution in [3.05, 3.63) is 0 Å². The number of hydrogen-bond donors (Lipinski definition) is 1. The summed E-state index contributed by atoms with van der Waals surface area (Å²) in [5.41, 5.74) is -0.431. The SMILES string of the molecule is CC(C)(C)OC(=O)N1CCN2C(NC3CC3)=NCC2C1.I. The zero-order valence-corrected chi connectivity index (χ0v) is 15.3. The monoisotopic (exact) mass is 408 g/mol. The summed E-state index contributed by atoms with van der Waals surface area (Å²) in [6.07, 6.45) is 2.30. The molecule has 120 valence electrons. The number of ether oxygens (including phenoxy) is 1. The molecule has 0 aromatic heterocycles. The molecule has 6 nitrogen and oxygen atoms in total. The van der Waals surface area contributed by atoms with E-state index in [0.717, 1.165) is 19.0 Å². The minimum atomic E-state index is -0.431. The van der Waals surface area contributed by atoms with Crippen LogP contribution in [0.5, 0.6) is 0 Å². The fraction of sp³-hybridized carbons (Fsp3) is 0.857. The Morgan fingerprint density at radius 3 is 2.67 bits per heavy atom. The van der Waals surface area contributed by atoms with Crippen molar-refractivity contribution in [2.75, 3.05) is 26.2 Å². The van der Waals surface area contributed by atoms with Gasteiger partial charge in [0.2, 0.25) is 0 Å². The number of carbonyl (C=O) groups excluding carboxylic acids is 1. The Hall–Kier alpha value is -0.730. The molecule has 2 aliphatic heterocycles. The van der Waals surface area contributed by atoms with Crippen molar-refractivity contribution < 1.29 is 9.53 Å². The molecule has 1 saturated heterocycles. The fourth-order valence-corrected chi connectivity index (χ4v) is 2.60. The largest absolute Gasteiger partial charge is 0.444 e. The molecule has 1 unspecified atom stereocenters. The Morgan fingerprint density at radius 1 is 1.33 bits per heavy atom. The first-order valence-electron chi connectivity index (χ1n) is 7.48. The fourth-order valence-electron chi connectivity index (χ4n) is 2.60. The lowest BCUT2D eigenvalue weighted by atomic mass is 10.2. The van der Waals surface area contributed by atoms with Gasteiger partial charge in [0.25, 0.3) is 0 Å². The number of amides is 1. The molecule has 1 atom stereocenters. The third-order valence-electron chi connectivity index (χ3n) is 3.77. The molecule has 0 radical (unpaired) electrons. The van der Waals surface area contributed by atoms with Crippen LogP contribution in [0.2, 0.25) is 0 Å². The highest BCUT2D eigenvalue weighted by Crippen LogP contribution is 2.23. The molecule has 3 aliphatic rings. The zero-order valence-electron chi connectivity index (χ0n) is 13.0. The standard InChI is InChI=1S/C14H24N4O2.HI/c1-14(2,3)20-13(19)17-6-7-18-11(9-17)8-15-12(18)16-10-4-5-10;/h10-11H,4-9H2,1-3H3,(H,15,16);1H. The van der Waals surface area contributed by atoms with E-state index >= 15 is 0 Å². The van der Waals surface area contributed by atoms with Gasteiger partial charge in [-0.15, -0.1) is 24.0 Å². The van der Waals surface area contributed by atoms with Gasteiger partial charge in [-0.2, -0.15) is 0 Å². The lowest BCUT2D eigenvalue weighted by molar-refractivity contribution is 0.0137. The lowest BCUT2D eigenvalue weighted by Gasteiger charge is -2.39. The van der Waals surface area contributed by atoms with Gasteiger partial charge in [0.05, 0.1) is 12.6 Å². The minimum Gasteiger partial charge on any atom is -0.444 e. The number of guanidine groups is 1. The summed E-state index contributed by atoms with van der Waals surface area (Å²) < 4.78 is 5.44. The van der Waals surface area contributed by atoms with Crippen molar-refractivity contribution >= 4 is 36.0 Å². The molecule has 0 bridgehead atoms. The van der Waals surface area contributed by atoms with Crippen molar-refractivity contribution in [1.82, 2.24) is 15.1 Å². The van der Waals surface area contributed by atoms with Gasteiger partial charge in [-0.25, -0.2) is 4.79 Å². The predicted molar refractivity (Wildman–Crippen MR) is 92.2 cm³/mol. The maximum atomic E-state index is 12.1. The molecule has 2 heterocycles. The highest BCUT2D eigenvalue weighted by atomic mass is 127. The third kappa shape index (κ3) is 4.14. The maximum Gasteiger partial charge on any atom is 0.410 e. The minimum absolute atomic E-state index is 0. The Morgan fingerprint density at radius 2 is 2.05 bits per heavy atom. The van der Waals surface area contributed by atoms with Gasteiger partial charge in [-0.05, 0) is 33.6 Å². The topological polar surface area (TPSA) is 57.2 Å². The first kappa shape index (κ1) is 16.6. The number of halogens is 1. The summed E-state index contributed by atoms with van der Waals surface area (Å²) in [4.78, 5) is 20.8. The van der Waals surface area contributed by atoms with Crippen molar-refractivity contribution in [1.29, 1.82) is 0 Å². The highest BCUT2D eigenvalue weighted by molar-refractivity contribution is 14.0. The smallest absolute Gasteiger partial charge is 0.410 e. The molecule has 3 rings (SSSR count). The normalized spacial score (nSPS) is 24.9. The number of nitrogens with zero attached hydrogens (tertiary/aromatic N) is 3. The Bertz CT molecular complexity index is 431. The van der Waals surface area contributed by atoms with E-state index < -0.39 is 5.60 Å². The van der Waals surface area contributed by atoms with Crippen LogP contribution in [0, 0.1) is 0 Å². The summed E-state index contributed by atoms with van der Waals surface area (Å²) in [6.45, 7) is 8.72. The Labute approximate surface area is 143 Å². The van der Waals surface area contributed by atoms with Crippen LogP contribution >= 0.6 is 24.0 Å². The van der Waals surface area contributed by atoms with Gasteiger partial charge in [-0.3, -0.25) is 4.99 Å². The molecule has 0 aromatic carbocycles. The van der Waals surface area contributed by atoms with E-state index in [1.54, 1.807) is 0 Å². The number of nitrogens with one attached hydrogen (secondary N) is 1. The number of hydrogen-bond acceptors (Lipinski definition) is 5. The molecule has 0 aromatic rings. The number of carbonyl (C=O) groups is 1. The summed E-state index contributed by atoms with van der Waals surface area (Å²) >= 11 is 0. The van der Waals surface area contributed by atoms with Crippen molar-refractivity contribution in [2.45, 2.75) is 51.3 Å². The zero-order chi connectivity index (χ0) is 14.3. The summed E-state index contributed by atoms with van der Waals surface area (Å²) in [6, 6.07) is 0.925. The van der Waals surface area contributed by atoms with Crippen LogP contribution in [-0.2, 0) is 4.74 Å². The van der Waals surface area contributed by atoms with E-state index in [2.05, 4.69) is 15.2 Å². The number of rotatable bonds is 1. The summed E-state index contributed by atoms with van der Waals surface area (Å²) in [5, 5.41) is 3.48. The van der Waals surface area contributed by atoms with Crippen LogP contribution < -0.4 is 5.32 Å². The van der Waals surface area contributed by atoms with E-state index in [9.17, 15) is 4.79 Å².